The van der Waals surface area contributed by atoms with Crippen LogP contribution in [0, 0.1) is 0 Å². The van der Waals surface area contributed by atoms with Crippen LogP contribution in [0.1, 0.15) is 26.2 Å². The molecule has 1 fully saturated rings. The molecule has 106 valence electrons. The summed E-state index contributed by atoms with van der Waals surface area (Å²) in [6, 6.07) is 5.82. The fourth-order valence-electron chi connectivity index (χ4n) is 2.07. The molecule has 0 saturated carbocycles. The highest BCUT2D eigenvalue weighted by Crippen LogP contribution is 2.21. The molecule has 5 nitrogen and oxygen atoms in total. The average Bonchev–Trinajstić information content (AvgIpc) is 2.44. The molecule has 3 N–H and O–H groups in total. The zero-order valence-electron chi connectivity index (χ0n) is 11.5. The third kappa shape index (κ3) is 4.36. The summed E-state index contributed by atoms with van der Waals surface area (Å²) in [7, 11) is 0. The molecule has 0 amide bonds. The number of aliphatic hydroxyl groups is 1. The van der Waals surface area contributed by atoms with Gasteiger partial charge < -0.3 is 20.5 Å². The first-order valence-corrected chi connectivity index (χ1v) is 6.97. The van der Waals surface area contributed by atoms with E-state index in [0.717, 1.165) is 24.6 Å². The van der Waals surface area contributed by atoms with E-state index in [1.54, 1.807) is 0 Å². The van der Waals surface area contributed by atoms with E-state index in [0.29, 0.717) is 32.6 Å². The molecule has 2 heterocycles. The van der Waals surface area contributed by atoms with Gasteiger partial charge in [0.2, 0.25) is 0 Å². The smallest absolute Gasteiger partial charge is 0.128 e. The number of hydrogen-bond acceptors (Lipinski definition) is 5. The second kappa shape index (κ2) is 6.73. The normalized spacial score (nSPS) is 18.0. The van der Waals surface area contributed by atoms with E-state index in [1.807, 2.05) is 18.2 Å². The van der Waals surface area contributed by atoms with E-state index in [1.165, 1.54) is 0 Å². The van der Waals surface area contributed by atoms with Crippen molar-refractivity contribution in [1.82, 2.24) is 4.98 Å². The van der Waals surface area contributed by atoms with Gasteiger partial charge in [-0.2, -0.15) is 0 Å². The summed E-state index contributed by atoms with van der Waals surface area (Å²) in [5.41, 5.74) is -0.674. The Labute approximate surface area is 114 Å². The van der Waals surface area contributed by atoms with Crippen LogP contribution in [0.25, 0.3) is 0 Å². The number of hydrogen-bond donors (Lipinski definition) is 3. The van der Waals surface area contributed by atoms with Gasteiger partial charge in [-0.1, -0.05) is 13.0 Å². The van der Waals surface area contributed by atoms with Gasteiger partial charge in [-0.15, -0.1) is 0 Å². The molecule has 0 atom stereocenters. The number of nitrogens with zero attached hydrogens (tertiary/aromatic N) is 1. The van der Waals surface area contributed by atoms with Gasteiger partial charge in [0, 0.05) is 39.1 Å². The van der Waals surface area contributed by atoms with Crippen LogP contribution in [0.3, 0.4) is 0 Å². The summed E-state index contributed by atoms with van der Waals surface area (Å²) >= 11 is 0. The molecule has 2 rings (SSSR count). The summed E-state index contributed by atoms with van der Waals surface area (Å²) in [5, 5.41) is 16.8. The highest BCUT2D eigenvalue weighted by molar-refractivity contribution is 5.45. The minimum Gasteiger partial charge on any atom is -0.388 e. The standard InChI is InChI=1S/C14H23N3O2/c1-2-8-15-12-4-3-5-13(17-12)16-11-14(18)6-9-19-10-7-14/h3-5,18H,2,6-11H2,1H3,(H2,15,16,17). The predicted octanol–water partition coefficient (Wildman–Crippen LogP) is 1.86. The Morgan fingerprint density at radius 3 is 2.63 bits per heavy atom. The largest absolute Gasteiger partial charge is 0.388 e. The Kier molecular flexibility index (Phi) is 4.99. The first-order chi connectivity index (χ1) is 9.22. The maximum Gasteiger partial charge on any atom is 0.128 e. The fraction of sp³-hybridized carbons (Fsp3) is 0.643. The molecule has 1 aromatic rings. The van der Waals surface area contributed by atoms with Gasteiger partial charge in [-0.05, 0) is 18.6 Å². The van der Waals surface area contributed by atoms with Gasteiger partial charge in [0.15, 0.2) is 0 Å². The van der Waals surface area contributed by atoms with Crippen molar-refractivity contribution in [3.63, 3.8) is 0 Å². The van der Waals surface area contributed by atoms with Crippen LogP contribution in [0.4, 0.5) is 11.6 Å². The molecule has 0 radical (unpaired) electrons. The van der Waals surface area contributed by atoms with Crippen molar-refractivity contribution in [3.8, 4) is 0 Å². The number of nitrogens with one attached hydrogen (secondary N) is 2. The predicted molar refractivity (Wildman–Crippen MR) is 76.5 cm³/mol. The number of pyridine rings is 1. The molecule has 0 unspecified atom stereocenters. The Morgan fingerprint density at radius 1 is 1.26 bits per heavy atom. The number of rotatable bonds is 6. The quantitative estimate of drug-likeness (QED) is 0.732. The van der Waals surface area contributed by atoms with Gasteiger partial charge in [0.1, 0.15) is 11.6 Å². The number of anilines is 2. The van der Waals surface area contributed by atoms with Gasteiger partial charge in [0.25, 0.3) is 0 Å². The molecule has 0 spiro atoms. The first kappa shape index (κ1) is 14.1. The summed E-state index contributed by atoms with van der Waals surface area (Å²) in [5.74, 6) is 1.66. The monoisotopic (exact) mass is 265 g/mol. The molecule has 0 bridgehead atoms. The highest BCUT2D eigenvalue weighted by atomic mass is 16.5. The number of aromatic nitrogens is 1. The Morgan fingerprint density at radius 2 is 1.95 bits per heavy atom. The van der Waals surface area contributed by atoms with Crippen molar-refractivity contribution in [2.75, 3.05) is 36.9 Å². The van der Waals surface area contributed by atoms with Crippen LogP contribution in [0.15, 0.2) is 18.2 Å². The lowest BCUT2D eigenvalue weighted by Gasteiger charge is -2.32. The lowest BCUT2D eigenvalue weighted by Crippen LogP contribution is -2.42. The van der Waals surface area contributed by atoms with Gasteiger partial charge in [-0.3, -0.25) is 0 Å². The molecule has 1 aromatic heterocycles. The third-order valence-electron chi connectivity index (χ3n) is 3.33. The zero-order chi connectivity index (χ0) is 13.6. The molecule has 1 saturated heterocycles. The van der Waals surface area contributed by atoms with E-state index >= 15 is 0 Å². The van der Waals surface area contributed by atoms with Crippen molar-refractivity contribution in [3.05, 3.63) is 18.2 Å². The van der Waals surface area contributed by atoms with Crippen LogP contribution < -0.4 is 10.6 Å². The minimum absolute atomic E-state index is 0.514. The molecule has 0 aliphatic carbocycles. The van der Waals surface area contributed by atoms with Gasteiger partial charge in [-0.25, -0.2) is 4.98 Å². The Bertz CT molecular complexity index is 392. The molecular formula is C14H23N3O2. The summed E-state index contributed by atoms with van der Waals surface area (Å²) in [6.45, 7) is 4.81. The molecule has 1 aliphatic heterocycles. The van der Waals surface area contributed by atoms with Crippen LogP contribution in [-0.4, -0.2) is 42.0 Å². The molecule has 5 heteroatoms. The maximum absolute atomic E-state index is 10.4. The summed E-state index contributed by atoms with van der Waals surface area (Å²) in [4.78, 5) is 4.46. The van der Waals surface area contributed by atoms with Crippen LogP contribution in [-0.2, 0) is 4.74 Å². The van der Waals surface area contributed by atoms with Crippen LogP contribution in [0.5, 0.6) is 0 Å². The van der Waals surface area contributed by atoms with Crippen LogP contribution >= 0.6 is 0 Å². The van der Waals surface area contributed by atoms with Crippen molar-refractivity contribution in [2.24, 2.45) is 0 Å². The van der Waals surface area contributed by atoms with Gasteiger partial charge >= 0.3 is 0 Å². The van der Waals surface area contributed by atoms with E-state index < -0.39 is 5.60 Å². The first-order valence-electron chi connectivity index (χ1n) is 6.97. The van der Waals surface area contributed by atoms with Crippen molar-refractivity contribution >= 4 is 11.6 Å². The van der Waals surface area contributed by atoms with E-state index in [4.69, 9.17) is 4.74 Å². The minimum atomic E-state index is -0.674. The fourth-order valence-corrected chi connectivity index (χ4v) is 2.07. The average molecular weight is 265 g/mol. The Hall–Kier alpha value is -1.33. The summed E-state index contributed by atoms with van der Waals surface area (Å²) < 4.78 is 5.27. The maximum atomic E-state index is 10.4. The van der Waals surface area contributed by atoms with E-state index in [-0.39, 0.29) is 0 Å². The topological polar surface area (TPSA) is 66.4 Å². The van der Waals surface area contributed by atoms with Crippen molar-refractivity contribution in [2.45, 2.75) is 31.8 Å². The summed E-state index contributed by atoms with van der Waals surface area (Å²) in [6.07, 6.45) is 2.42. The van der Waals surface area contributed by atoms with Crippen molar-refractivity contribution in [1.29, 1.82) is 0 Å². The second-order valence-electron chi connectivity index (χ2n) is 5.03. The second-order valence-corrected chi connectivity index (χ2v) is 5.03. The SMILES string of the molecule is CCCNc1cccc(NCC2(O)CCOCC2)n1. The van der Waals surface area contributed by atoms with E-state index in [9.17, 15) is 5.11 Å². The Balaban J connectivity index is 1.88. The van der Waals surface area contributed by atoms with Gasteiger partial charge in [0.05, 0.1) is 5.60 Å². The molecule has 1 aliphatic rings. The van der Waals surface area contributed by atoms with Crippen molar-refractivity contribution < 1.29 is 9.84 Å². The number of ether oxygens (including phenoxy) is 1. The van der Waals surface area contributed by atoms with Crippen LogP contribution in [0.2, 0.25) is 0 Å². The lowest BCUT2D eigenvalue weighted by molar-refractivity contribution is -0.0543. The molecular weight excluding hydrogens is 242 g/mol. The highest BCUT2D eigenvalue weighted by Gasteiger charge is 2.29. The third-order valence-corrected chi connectivity index (χ3v) is 3.33. The zero-order valence-corrected chi connectivity index (χ0v) is 11.5. The molecule has 19 heavy (non-hydrogen) atoms. The molecule has 0 aromatic carbocycles. The lowest BCUT2D eigenvalue weighted by atomic mass is 9.94. The van der Waals surface area contributed by atoms with E-state index in [2.05, 4.69) is 22.5 Å².